The van der Waals surface area contributed by atoms with Crippen molar-refractivity contribution in [3.8, 4) is 17.2 Å². The largest absolute Gasteiger partial charge is 0.497 e. The zero-order valence-corrected chi connectivity index (χ0v) is 15.3. The van der Waals surface area contributed by atoms with Gasteiger partial charge in [0.15, 0.2) is 6.61 Å². The lowest BCUT2D eigenvalue weighted by atomic mass is 10.1. The second-order valence-electron chi connectivity index (χ2n) is 5.68. The molecule has 0 bridgehead atoms. The van der Waals surface area contributed by atoms with Gasteiger partial charge in [-0.2, -0.15) is 0 Å². The van der Waals surface area contributed by atoms with Gasteiger partial charge in [-0.3, -0.25) is 14.9 Å². The van der Waals surface area contributed by atoms with E-state index in [9.17, 15) is 14.9 Å². The Kier molecular flexibility index (Phi) is 7.42. The predicted molar refractivity (Wildman–Crippen MR) is 99.5 cm³/mol. The number of nitrogens with one attached hydrogen (secondary N) is 1. The van der Waals surface area contributed by atoms with E-state index < -0.39 is 4.92 Å². The van der Waals surface area contributed by atoms with Gasteiger partial charge in [0, 0.05) is 18.7 Å². The van der Waals surface area contributed by atoms with Crippen molar-refractivity contribution in [3.63, 3.8) is 0 Å². The van der Waals surface area contributed by atoms with Gasteiger partial charge in [0.05, 0.1) is 19.1 Å². The zero-order valence-electron chi connectivity index (χ0n) is 15.3. The first kappa shape index (κ1) is 20.0. The minimum atomic E-state index is -0.544. The highest BCUT2D eigenvalue weighted by molar-refractivity contribution is 5.77. The lowest BCUT2D eigenvalue weighted by molar-refractivity contribution is -0.385. The van der Waals surface area contributed by atoms with Crippen LogP contribution < -0.4 is 19.5 Å². The standard InChI is InChI=1S/C19H22N2O6/c1-25-15-7-5-14(6-8-15)4-3-11-20-19(22)13-27-16-9-10-17(21(23)24)18(12-16)26-2/h5-10,12H,3-4,11,13H2,1-2H3,(H,20,22). The SMILES string of the molecule is COc1ccc(CCCNC(=O)COc2ccc([N+](=O)[O-])c(OC)c2)cc1. The number of rotatable bonds is 10. The Morgan fingerprint density at radius 3 is 2.41 bits per heavy atom. The fourth-order valence-corrected chi connectivity index (χ4v) is 2.41. The molecule has 2 aromatic rings. The Morgan fingerprint density at radius 1 is 1.07 bits per heavy atom. The van der Waals surface area contributed by atoms with Gasteiger partial charge in [0.1, 0.15) is 11.5 Å². The molecule has 27 heavy (non-hydrogen) atoms. The molecule has 144 valence electrons. The third kappa shape index (κ3) is 6.18. The normalized spacial score (nSPS) is 10.1. The molecule has 0 radical (unpaired) electrons. The number of methoxy groups -OCH3 is 2. The smallest absolute Gasteiger partial charge is 0.311 e. The molecule has 0 saturated heterocycles. The lowest BCUT2D eigenvalue weighted by Gasteiger charge is -2.09. The second kappa shape index (κ2) is 10.0. The van der Waals surface area contributed by atoms with Gasteiger partial charge < -0.3 is 19.5 Å². The molecule has 0 atom stereocenters. The van der Waals surface area contributed by atoms with Crippen molar-refractivity contribution in [1.29, 1.82) is 0 Å². The predicted octanol–water partition coefficient (Wildman–Crippen LogP) is 2.74. The summed E-state index contributed by atoms with van der Waals surface area (Å²) in [6.45, 7) is 0.349. The number of nitro benzene ring substituents is 1. The number of ether oxygens (including phenoxy) is 3. The maximum absolute atomic E-state index is 11.8. The minimum Gasteiger partial charge on any atom is -0.497 e. The molecule has 2 rings (SSSR count). The Labute approximate surface area is 157 Å². The number of nitrogens with zero attached hydrogens (tertiary/aromatic N) is 1. The first-order valence-electron chi connectivity index (χ1n) is 8.38. The van der Waals surface area contributed by atoms with E-state index >= 15 is 0 Å². The summed E-state index contributed by atoms with van der Waals surface area (Å²) in [6, 6.07) is 11.9. The number of nitro groups is 1. The van der Waals surface area contributed by atoms with Crippen molar-refractivity contribution in [2.45, 2.75) is 12.8 Å². The first-order chi connectivity index (χ1) is 13.0. The van der Waals surface area contributed by atoms with Gasteiger partial charge in [0.25, 0.3) is 5.91 Å². The van der Waals surface area contributed by atoms with Crippen LogP contribution in [-0.4, -0.2) is 38.2 Å². The van der Waals surface area contributed by atoms with Gasteiger partial charge in [0.2, 0.25) is 5.75 Å². The molecular formula is C19H22N2O6. The van der Waals surface area contributed by atoms with Gasteiger partial charge in [-0.25, -0.2) is 0 Å². The van der Waals surface area contributed by atoms with Gasteiger partial charge in [-0.05, 0) is 36.6 Å². The van der Waals surface area contributed by atoms with Crippen LogP contribution in [-0.2, 0) is 11.2 Å². The van der Waals surface area contributed by atoms with Crippen LogP contribution in [0.4, 0.5) is 5.69 Å². The van der Waals surface area contributed by atoms with E-state index in [0.717, 1.165) is 18.6 Å². The van der Waals surface area contributed by atoms with Gasteiger partial charge >= 0.3 is 5.69 Å². The van der Waals surface area contributed by atoms with Crippen LogP contribution in [0.5, 0.6) is 17.2 Å². The summed E-state index contributed by atoms with van der Waals surface area (Å²) in [5.74, 6) is 0.956. The number of hydrogen-bond acceptors (Lipinski definition) is 6. The van der Waals surface area contributed by atoms with Gasteiger partial charge in [-0.15, -0.1) is 0 Å². The molecule has 1 N–H and O–H groups in total. The summed E-state index contributed by atoms with van der Waals surface area (Å²) in [6.07, 6.45) is 1.63. The molecule has 0 saturated carbocycles. The van der Waals surface area contributed by atoms with Crippen molar-refractivity contribution in [1.82, 2.24) is 5.32 Å². The summed E-state index contributed by atoms with van der Waals surface area (Å²) >= 11 is 0. The molecule has 0 spiro atoms. The Bertz CT molecular complexity index is 776. The molecule has 2 aromatic carbocycles. The van der Waals surface area contributed by atoms with Gasteiger partial charge in [-0.1, -0.05) is 12.1 Å². The fraction of sp³-hybridized carbons (Fsp3) is 0.316. The average molecular weight is 374 g/mol. The van der Waals surface area contributed by atoms with E-state index in [1.807, 2.05) is 24.3 Å². The maximum atomic E-state index is 11.8. The van der Waals surface area contributed by atoms with E-state index in [-0.39, 0.29) is 24.0 Å². The van der Waals surface area contributed by atoms with E-state index in [1.165, 1.54) is 30.9 Å². The topological polar surface area (TPSA) is 99.9 Å². The highest BCUT2D eigenvalue weighted by Gasteiger charge is 2.15. The fourth-order valence-electron chi connectivity index (χ4n) is 2.41. The van der Waals surface area contributed by atoms with Crippen molar-refractivity contribution < 1.29 is 23.9 Å². The van der Waals surface area contributed by atoms with Crippen LogP contribution >= 0.6 is 0 Å². The first-order valence-corrected chi connectivity index (χ1v) is 8.38. The highest BCUT2D eigenvalue weighted by Crippen LogP contribution is 2.30. The molecule has 0 aliphatic heterocycles. The van der Waals surface area contributed by atoms with E-state index in [2.05, 4.69) is 5.32 Å². The number of hydrogen-bond donors (Lipinski definition) is 1. The molecule has 8 heteroatoms. The molecule has 8 nitrogen and oxygen atoms in total. The van der Waals surface area contributed by atoms with Crippen LogP contribution in [0.3, 0.4) is 0 Å². The number of aryl methyl sites for hydroxylation is 1. The summed E-state index contributed by atoms with van der Waals surface area (Å²) in [4.78, 5) is 22.2. The lowest BCUT2D eigenvalue weighted by Crippen LogP contribution is -2.29. The van der Waals surface area contributed by atoms with E-state index in [4.69, 9.17) is 14.2 Å². The Hall–Kier alpha value is -3.29. The van der Waals surface area contributed by atoms with Crippen molar-refractivity contribution >= 4 is 11.6 Å². The number of amides is 1. The maximum Gasteiger partial charge on any atom is 0.311 e. The van der Waals surface area contributed by atoms with Crippen LogP contribution in [0, 0.1) is 10.1 Å². The molecule has 0 fully saturated rings. The molecule has 0 aromatic heterocycles. The summed E-state index contributed by atoms with van der Waals surface area (Å²) in [5, 5.41) is 13.6. The van der Waals surface area contributed by atoms with Crippen LogP contribution in [0.25, 0.3) is 0 Å². The number of carbonyl (C=O) groups is 1. The third-order valence-electron chi connectivity index (χ3n) is 3.84. The summed E-state index contributed by atoms with van der Waals surface area (Å²) in [5.41, 5.74) is 1.01. The van der Waals surface area contributed by atoms with Crippen LogP contribution in [0.1, 0.15) is 12.0 Å². The zero-order chi connectivity index (χ0) is 19.6. The van der Waals surface area contributed by atoms with Crippen LogP contribution in [0.15, 0.2) is 42.5 Å². The summed E-state index contributed by atoms with van der Waals surface area (Å²) in [7, 11) is 2.96. The Balaban J connectivity index is 1.72. The van der Waals surface area contributed by atoms with E-state index in [1.54, 1.807) is 7.11 Å². The monoisotopic (exact) mass is 374 g/mol. The third-order valence-corrected chi connectivity index (χ3v) is 3.84. The average Bonchev–Trinajstić information content (AvgIpc) is 2.69. The van der Waals surface area contributed by atoms with Crippen molar-refractivity contribution in [2.24, 2.45) is 0 Å². The van der Waals surface area contributed by atoms with Crippen molar-refractivity contribution in [3.05, 3.63) is 58.1 Å². The van der Waals surface area contributed by atoms with E-state index in [0.29, 0.717) is 12.3 Å². The van der Waals surface area contributed by atoms with Crippen molar-refractivity contribution in [2.75, 3.05) is 27.4 Å². The molecule has 1 amide bonds. The quantitative estimate of drug-likeness (QED) is 0.390. The molecule has 0 aliphatic rings. The molecule has 0 unspecified atom stereocenters. The minimum absolute atomic E-state index is 0.0809. The Morgan fingerprint density at radius 2 is 1.78 bits per heavy atom. The highest BCUT2D eigenvalue weighted by atomic mass is 16.6. The molecule has 0 heterocycles. The summed E-state index contributed by atoms with van der Waals surface area (Å²) < 4.78 is 15.4. The number of carbonyl (C=O) groups excluding carboxylic acids is 1. The van der Waals surface area contributed by atoms with Crippen LogP contribution in [0.2, 0.25) is 0 Å². The second-order valence-corrected chi connectivity index (χ2v) is 5.68. The number of benzene rings is 2. The molecule has 0 aliphatic carbocycles. The molecular weight excluding hydrogens is 352 g/mol.